The van der Waals surface area contributed by atoms with Gasteiger partial charge < -0.3 is 10.2 Å². The van der Waals surface area contributed by atoms with Gasteiger partial charge in [-0.05, 0) is 37.7 Å². The van der Waals surface area contributed by atoms with E-state index in [9.17, 15) is 4.79 Å². The number of benzene rings is 1. The number of urea groups is 1. The van der Waals surface area contributed by atoms with Gasteiger partial charge in [-0.3, -0.25) is 0 Å². The summed E-state index contributed by atoms with van der Waals surface area (Å²) in [5.41, 5.74) is 1.29. The Morgan fingerprint density at radius 3 is 1.96 bits per heavy atom. The normalized spacial score (nSPS) is 19.8. The summed E-state index contributed by atoms with van der Waals surface area (Å²) in [7, 11) is 0. The van der Waals surface area contributed by atoms with E-state index in [0.29, 0.717) is 12.1 Å². The molecule has 0 aliphatic heterocycles. The summed E-state index contributed by atoms with van der Waals surface area (Å²) in [6.45, 7) is 0.735. The molecular weight excluding hydrogens is 296 g/mol. The lowest BCUT2D eigenvalue weighted by atomic mass is 9.89. The van der Waals surface area contributed by atoms with Crippen LogP contribution in [0.25, 0.3) is 0 Å². The Kier molecular flexibility index (Phi) is 6.57. The highest BCUT2D eigenvalue weighted by Crippen LogP contribution is 2.30. The molecule has 0 radical (unpaired) electrons. The first-order chi connectivity index (χ1) is 11.8. The fraction of sp³-hybridized carbons (Fsp3) is 0.667. The summed E-state index contributed by atoms with van der Waals surface area (Å²) >= 11 is 0. The Hall–Kier alpha value is -1.51. The largest absolute Gasteiger partial charge is 0.338 e. The van der Waals surface area contributed by atoms with Crippen LogP contribution in [0.2, 0.25) is 0 Å². The number of carbonyl (C=O) groups is 1. The molecular formula is C21H32N2O. The molecule has 1 aromatic carbocycles. The van der Waals surface area contributed by atoms with Crippen molar-refractivity contribution in [1.82, 2.24) is 10.2 Å². The van der Waals surface area contributed by atoms with Gasteiger partial charge in [-0.15, -0.1) is 0 Å². The van der Waals surface area contributed by atoms with Crippen molar-refractivity contribution < 1.29 is 4.79 Å². The van der Waals surface area contributed by atoms with Crippen LogP contribution in [0.1, 0.15) is 69.8 Å². The average Bonchev–Trinajstić information content (AvgIpc) is 2.65. The second-order valence-electron chi connectivity index (χ2n) is 7.46. The highest BCUT2D eigenvalue weighted by molar-refractivity contribution is 5.75. The molecule has 0 bridgehead atoms. The standard InChI is InChI=1S/C21H32N2O/c24-21(22-17-16-18-10-4-1-5-11-18)23(19-12-6-2-7-13-19)20-14-8-3-9-15-20/h1,4-5,10-11,19-20H,2-3,6-9,12-17H2,(H,22,24). The van der Waals surface area contributed by atoms with Gasteiger partial charge in [0.25, 0.3) is 0 Å². The van der Waals surface area contributed by atoms with E-state index < -0.39 is 0 Å². The van der Waals surface area contributed by atoms with Crippen LogP contribution in [-0.2, 0) is 6.42 Å². The molecule has 2 aliphatic carbocycles. The summed E-state index contributed by atoms with van der Waals surface area (Å²) in [5.74, 6) is 0. The van der Waals surface area contributed by atoms with E-state index >= 15 is 0 Å². The molecule has 0 spiro atoms. The van der Waals surface area contributed by atoms with Gasteiger partial charge in [0, 0.05) is 18.6 Å². The van der Waals surface area contributed by atoms with Crippen molar-refractivity contribution in [2.75, 3.05) is 6.54 Å². The Morgan fingerprint density at radius 1 is 0.875 bits per heavy atom. The van der Waals surface area contributed by atoms with Gasteiger partial charge in [0.2, 0.25) is 0 Å². The average molecular weight is 329 g/mol. The van der Waals surface area contributed by atoms with Crippen LogP contribution in [0.4, 0.5) is 4.79 Å². The Bertz CT molecular complexity index is 472. The molecule has 0 heterocycles. The monoisotopic (exact) mass is 328 g/mol. The van der Waals surface area contributed by atoms with E-state index in [4.69, 9.17) is 0 Å². The predicted molar refractivity (Wildman–Crippen MR) is 99.1 cm³/mol. The highest BCUT2D eigenvalue weighted by atomic mass is 16.2. The zero-order valence-electron chi connectivity index (χ0n) is 14.9. The fourth-order valence-electron chi connectivity index (χ4n) is 4.40. The molecule has 0 aromatic heterocycles. The summed E-state index contributed by atoms with van der Waals surface area (Å²) in [6.07, 6.45) is 13.5. The van der Waals surface area contributed by atoms with Gasteiger partial charge in [0.1, 0.15) is 0 Å². The van der Waals surface area contributed by atoms with Crippen molar-refractivity contribution in [3.05, 3.63) is 35.9 Å². The second-order valence-corrected chi connectivity index (χ2v) is 7.46. The van der Waals surface area contributed by atoms with E-state index in [1.807, 2.05) is 6.07 Å². The molecule has 1 N–H and O–H groups in total. The van der Waals surface area contributed by atoms with E-state index in [0.717, 1.165) is 13.0 Å². The van der Waals surface area contributed by atoms with Gasteiger partial charge in [-0.25, -0.2) is 4.79 Å². The smallest absolute Gasteiger partial charge is 0.317 e. The zero-order valence-corrected chi connectivity index (χ0v) is 14.9. The summed E-state index contributed by atoms with van der Waals surface area (Å²) < 4.78 is 0. The second kappa shape index (κ2) is 9.10. The number of hydrogen-bond donors (Lipinski definition) is 1. The van der Waals surface area contributed by atoms with Crippen LogP contribution in [0.3, 0.4) is 0 Å². The van der Waals surface area contributed by atoms with Crippen molar-refractivity contribution in [2.45, 2.75) is 82.7 Å². The van der Waals surface area contributed by atoms with Gasteiger partial charge in [-0.2, -0.15) is 0 Å². The molecule has 1 aromatic rings. The van der Waals surface area contributed by atoms with Crippen LogP contribution in [0.5, 0.6) is 0 Å². The lowest BCUT2D eigenvalue weighted by Gasteiger charge is -2.41. The molecule has 3 heteroatoms. The van der Waals surface area contributed by atoms with Crippen LogP contribution in [0.15, 0.2) is 30.3 Å². The lowest BCUT2D eigenvalue weighted by molar-refractivity contribution is 0.105. The third-order valence-electron chi connectivity index (χ3n) is 5.70. The first-order valence-electron chi connectivity index (χ1n) is 9.94. The topological polar surface area (TPSA) is 32.3 Å². The van der Waals surface area contributed by atoms with E-state index in [1.165, 1.54) is 69.8 Å². The van der Waals surface area contributed by atoms with Crippen molar-refractivity contribution >= 4 is 6.03 Å². The molecule has 2 aliphatic rings. The first kappa shape index (κ1) is 17.3. The molecule has 132 valence electrons. The van der Waals surface area contributed by atoms with E-state index in [-0.39, 0.29) is 6.03 Å². The summed E-state index contributed by atoms with van der Waals surface area (Å²) in [4.78, 5) is 15.2. The SMILES string of the molecule is O=C(NCCc1ccccc1)N(C1CCCCC1)C1CCCCC1. The molecule has 0 saturated heterocycles. The predicted octanol–water partition coefficient (Wildman–Crippen LogP) is 4.91. The third-order valence-corrected chi connectivity index (χ3v) is 5.70. The minimum atomic E-state index is 0.185. The minimum absolute atomic E-state index is 0.185. The summed E-state index contributed by atoms with van der Waals surface area (Å²) in [5, 5.41) is 3.21. The zero-order chi connectivity index (χ0) is 16.6. The van der Waals surface area contributed by atoms with Crippen LogP contribution in [-0.4, -0.2) is 29.6 Å². The van der Waals surface area contributed by atoms with Crippen LogP contribution >= 0.6 is 0 Å². The number of carbonyl (C=O) groups excluding carboxylic acids is 1. The highest BCUT2D eigenvalue weighted by Gasteiger charge is 2.32. The number of hydrogen-bond acceptors (Lipinski definition) is 1. The third kappa shape index (κ3) is 4.75. The molecule has 3 rings (SSSR count). The van der Waals surface area contributed by atoms with Crippen molar-refractivity contribution in [3.63, 3.8) is 0 Å². The van der Waals surface area contributed by atoms with E-state index in [1.54, 1.807) is 0 Å². The molecule has 3 nitrogen and oxygen atoms in total. The fourth-order valence-corrected chi connectivity index (χ4v) is 4.40. The van der Waals surface area contributed by atoms with Crippen LogP contribution in [0, 0.1) is 0 Å². The number of amides is 2. The first-order valence-corrected chi connectivity index (χ1v) is 9.94. The molecule has 0 unspecified atom stereocenters. The maximum absolute atomic E-state index is 12.9. The molecule has 2 amide bonds. The molecule has 2 saturated carbocycles. The van der Waals surface area contributed by atoms with Gasteiger partial charge in [0.05, 0.1) is 0 Å². The quantitative estimate of drug-likeness (QED) is 0.818. The Balaban J connectivity index is 1.57. The van der Waals surface area contributed by atoms with Crippen molar-refractivity contribution in [3.8, 4) is 0 Å². The van der Waals surface area contributed by atoms with E-state index in [2.05, 4.69) is 34.5 Å². The Morgan fingerprint density at radius 2 is 1.42 bits per heavy atom. The minimum Gasteiger partial charge on any atom is -0.338 e. The molecule has 2 fully saturated rings. The van der Waals surface area contributed by atoms with Gasteiger partial charge >= 0.3 is 6.03 Å². The van der Waals surface area contributed by atoms with Crippen molar-refractivity contribution in [1.29, 1.82) is 0 Å². The van der Waals surface area contributed by atoms with Crippen LogP contribution < -0.4 is 5.32 Å². The van der Waals surface area contributed by atoms with Gasteiger partial charge in [0.15, 0.2) is 0 Å². The summed E-state index contributed by atoms with van der Waals surface area (Å²) in [6, 6.07) is 11.6. The lowest BCUT2D eigenvalue weighted by Crippen LogP contribution is -2.53. The van der Waals surface area contributed by atoms with Gasteiger partial charge in [-0.1, -0.05) is 68.9 Å². The molecule has 24 heavy (non-hydrogen) atoms. The Labute approximate surface area is 146 Å². The number of rotatable bonds is 5. The molecule has 0 atom stereocenters. The number of nitrogens with zero attached hydrogens (tertiary/aromatic N) is 1. The van der Waals surface area contributed by atoms with Crippen molar-refractivity contribution in [2.24, 2.45) is 0 Å². The maximum atomic E-state index is 12.9. The maximum Gasteiger partial charge on any atom is 0.317 e. The number of nitrogens with one attached hydrogen (secondary N) is 1.